The minimum atomic E-state index is -0.696. The van der Waals surface area contributed by atoms with E-state index in [1.165, 1.54) is 19.1 Å². The largest absolute Gasteiger partial charge is 0.462 e. The van der Waals surface area contributed by atoms with Crippen molar-refractivity contribution < 1.29 is 23.9 Å². The number of anilines is 3. The number of imide groups is 1. The maximum atomic E-state index is 12.7. The number of nitrogens with one attached hydrogen (secondary N) is 2. The Bertz CT molecular complexity index is 938. The second kappa shape index (κ2) is 8.55. The van der Waals surface area contributed by atoms with Gasteiger partial charge in [0.1, 0.15) is 6.04 Å². The zero-order valence-electron chi connectivity index (χ0n) is 16.1. The average Bonchev–Trinajstić information content (AvgIpc) is 2.96. The summed E-state index contributed by atoms with van der Waals surface area (Å²) in [5, 5.41) is 5.71. The lowest BCUT2D eigenvalue weighted by atomic mass is 10.2. The topological polar surface area (TPSA) is 105 Å². The minimum Gasteiger partial charge on any atom is -0.462 e. The number of ether oxygens (including phenoxy) is 1. The molecule has 2 aromatic carbocycles. The third-order valence-corrected chi connectivity index (χ3v) is 4.33. The van der Waals surface area contributed by atoms with Crippen LogP contribution in [-0.4, -0.2) is 36.3 Å². The van der Waals surface area contributed by atoms with Crippen LogP contribution in [0, 0.1) is 0 Å². The van der Waals surface area contributed by atoms with E-state index in [0.717, 1.165) is 4.90 Å². The van der Waals surface area contributed by atoms with Crippen LogP contribution in [0.15, 0.2) is 48.5 Å². The van der Waals surface area contributed by atoms with Crippen molar-refractivity contribution in [3.05, 3.63) is 54.1 Å². The minimum absolute atomic E-state index is 0.0198. The van der Waals surface area contributed by atoms with Crippen molar-refractivity contribution in [3.63, 3.8) is 0 Å². The predicted octanol–water partition coefficient (Wildman–Crippen LogP) is 2.57. The van der Waals surface area contributed by atoms with Gasteiger partial charge in [-0.1, -0.05) is 0 Å². The molecule has 29 heavy (non-hydrogen) atoms. The monoisotopic (exact) mass is 395 g/mol. The van der Waals surface area contributed by atoms with Gasteiger partial charge in [0.25, 0.3) is 5.91 Å². The van der Waals surface area contributed by atoms with Crippen LogP contribution >= 0.6 is 0 Å². The van der Waals surface area contributed by atoms with Crippen LogP contribution in [-0.2, 0) is 19.1 Å². The molecule has 2 N–H and O–H groups in total. The van der Waals surface area contributed by atoms with E-state index in [4.69, 9.17) is 4.74 Å². The van der Waals surface area contributed by atoms with Gasteiger partial charge in [0, 0.05) is 18.3 Å². The van der Waals surface area contributed by atoms with Crippen molar-refractivity contribution >= 4 is 40.8 Å². The lowest BCUT2D eigenvalue weighted by molar-refractivity contribution is -0.121. The number of hydrogen-bond donors (Lipinski definition) is 2. The summed E-state index contributed by atoms with van der Waals surface area (Å²) in [7, 11) is 0. The van der Waals surface area contributed by atoms with Gasteiger partial charge in [0.05, 0.1) is 24.3 Å². The molecule has 3 amide bonds. The molecule has 150 valence electrons. The molecule has 0 saturated carbocycles. The summed E-state index contributed by atoms with van der Waals surface area (Å²) < 4.78 is 4.93. The number of benzene rings is 2. The lowest BCUT2D eigenvalue weighted by Crippen LogP contribution is -2.34. The van der Waals surface area contributed by atoms with Crippen molar-refractivity contribution in [1.82, 2.24) is 0 Å². The fourth-order valence-corrected chi connectivity index (χ4v) is 3.03. The van der Waals surface area contributed by atoms with Gasteiger partial charge in [-0.15, -0.1) is 0 Å². The number of carbonyl (C=O) groups excluding carboxylic acids is 4. The highest BCUT2D eigenvalue weighted by Crippen LogP contribution is 2.26. The molecule has 2 aromatic rings. The van der Waals surface area contributed by atoms with E-state index in [2.05, 4.69) is 10.6 Å². The second-order valence-corrected chi connectivity index (χ2v) is 6.49. The molecular weight excluding hydrogens is 374 g/mol. The Morgan fingerprint density at radius 3 is 2.24 bits per heavy atom. The number of hydrogen-bond acceptors (Lipinski definition) is 6. The van der Waals surface area contributed by atoms with Gasteiger partial charge in [-0.25, -0.2) is 9.69 Å². The van der Waals surface area contributed by atoms with Crippen molar-refractivity contribution in [3.8, 4) is 0 Å². The quantitative estimate of drug-likeness (QED) is 0.575. The molecule has 0 unspecified atom stereocenters. The summed E-state index contributed by atoms with van der Waals surface area (Å²) in [6.07, 6.45) is 0.0198. The van der Waals surface area contributed by atoms with Gasteiger partial charge in [-0.2, -0.15) is 0 Å². The third-order valence-electron chi connectivity index (χ3n) is 4.33. The number of esters is 1. The third kappa shape index (κ3) is 4.60. The van der Waals surface area contributed by atoms with E-state index in [1.54, 1.807) is 43.3 Å². The lowest BCUT2D eigenvalue weighted by Gasteiger charge is -2.16. The van der Waals surface area contributed by atoms with Gasteiger partial charge in [0.2, 0.25) is 11.8 Å². The predicted molar refractivity (Wildman–Crippen MR) is 108 cm³/mol. The molecule has 3 rings (SSSR count). The molecule has 0 aromatic heterocycles. The van der Waals surface area contributed by atoms with Crippen LogP contribution in [0.2, 0.25) is 0 Å². The SMILES string of the molecule is CCOC(=O)c1ccc(N2C(=O)C[C@@H](Nc3ccc(NC(C)=O)cc3)C2=O)cc1. The Morgan fingerprint density at radius 2 is 1.66 bits per heavy atom. The first kappa shape index (κ1) is 20.1. The molecule has 1 saturated heterocycles. The number of rotatable bonds is 6. The first-order valence-electron chi connectivity index (χ1n) is 9.17. The average molecular weight is 395 g/mol. The maximum absolute atomic E-state index is 12.7. The molecule has 1 aliphatic heterocycles. The summed E-state index contributed by atoms with van der Waals surface area (Å²) in [6, 6.07) is 12.3. The second-order valence-electron chi connectivity index (χ2n) is 6.49. The summed E-state index contributed by atoms with van der Waals surface area (Å²) in [4.78, 5) is 49.1. The molecule has 8 heteroatoms. The number of carbonyl (C=O) groups is 4. The Labute approximate surface area is 167 Å². The van der Waals surface area contributed by atoms with Crippen LogP contribution in [0.5, 0.6) is 0 Å². The van der Waals surface area contributed by atoms with Crippen molar-refractivity contribution in [2.75, 3.05) is 22.1 Å². The fourth-order valence-electron chi connectivity index (χ4n) is 3.03. The Hall–Kier alpha value is -3.68. The van der Waals surface area contributed by atoms with E-state index in [1.807, 2.05) is 0 Å². The molecule has 1 fully saturated rings. The molecule has 0 bridgehead atoms. The van der Waals surface area contributed by atoms with Gasteiger partial charge in [0.15, 0.2) is 0 Å². The van der Waals surface area contributed by atoms with Crippen LogP contribution in [0.4, 0.5) is 17.1 Å². The molecule has 0 radical (unpaired) electrons. The summed E-state index contributed by atoms with van der Waals surface area (Å²) in [5.74, 6) is -1.33. The van der Waals surface area contributed by atoms with E-state index in [0.29, 0.717) is 22.6 Å². The van der Waals surface area contributed by atoms with Gasteiger partial charge >= 0.3 is 5.97 Å². The van der Waals surface area contributed by atoms with Crippen molar-refractivity contribution in [2.24, 2.45) is 0 Å². The fraction of sp³-hybridized carbons (Fsp3) is 0.238. The first-order valence-corrected chi connectivity index (χ1v) is 9.17. The number of nitrogens with zero attached hydrogens (tertiary/aromatic N) is 1. The van der Waals surface area contributed by atoms with Gasteiger partial charge < -0.3 is 15.4 Å². The van der Waals surface area contributed by atoms with Gasteiger partial charge in [-0.3, -0.25) is 14.4 Å². The molecular formula is C21H21N3O5. The molecule has 0 aliphatic carbocycles. The van der Waals surface area contributed by atoms with E-state index >= 15 is 0 Å². The Kier molecular flexibility index (Phi) is 5.92. The molecule has 0 spiro atoms. The highest BCUT2D eigenvalue weighted by molar-refractivity contribution is 6.23. The summed E-state index contributed by atoms with van der Waals surface area (Å²) >= 11 is 0. The normalized spacial score (nSPS) is 15.9. The number of amides is 3. The summed E-state index contributed by atoms with van der Waals surface area (Å²) in [5.41, 5.74) is 2.05. The smallest absolute Gasteiger partial charge is 0.338 e. The standard InChI is InChI=1S/C21H21N3O5/c1-3-29-21(28)14-4-10-17(11-5-14)24-19(26)12-18(20(24)27)23-16-8-6-15(7-9-16)22-13(2)25/h4-11,18,23H,3,12H2,1-2H3,(H,22,25)/t18-/m1/s1. The van der Waals surface area contributed by atoms with Crippen LogP contribution in [0.3, 0.4) is 0 Å². The zero-order chi connectivity index (χ0) is 21.0. The van der Waals surface area contributed by atoms with E-state index in [9.17, 15) is 19.2 Å². The van der Waals surface area contributed by atoms with Crippen LogP contribution < -0.4 is 15.5 Å². The highest BCUT2D eigenvalue weighted by Gasteiger charge is 2.39. The molecule has 1 atom stereocenters. The summed E-state index contributed by atoms with van der Waals surface area (Å²) in [6.45, 7) is 3.40. The van der Waals surface area contributed by atoms with E-state index in [-0.39, 0.29) is 30.7 Å². The van der Waals surface area contributed by atoms with Crippen LogP contribution in [0.1, 0.15) is 30.6 Å². The maximum Gasteiger partial charge on any atom is 0.338 e. The Balaban J connectivity index is 1.69. The molecule has 1 heterocycles. The van der Waals surface area contributed by atoms with Gasteiger partial charge in [-0.05, 0) is 55.5 Å². The highest BCUT2D eigenvalue weighted by atomic mass is 16.5. The zero-order valence-corrected chi connectivity index (χ0v) is 16.1. The van der Waals surface area contributed by atoms with Crippen LogP contribution in [0.25, 0.3) is 0 Å². The van der Waals surface area contributed by atoms with E-state index < -0.39 is 12.0 Å². The van der Waals surface area contributed by atoms with Crippen molar-refractivity contribution in [2.45, 2.75) is 26.3 Å². The van der Waals surface area contributed by atoms with Crippen molar-refractivity contribution in [1.29, 1.82) is 0 Å². The first-order chi connectivity index (χ1) is 13.9. The molecule has 8 nitrogen and oxygen atoms in total. The molecule has 1 aliphatic rings. The Morgan fingerprint density at radius 1 is 1.03 bits per heavy atom.